The number of aromatic nitrogens is 3. The van der Waals surface area contributed by atoms with E-state index in [9.17, 15) is 0 Å². The van der Waals surface area contributed by atoms with E-state index in [1.165, 1.54) is 6.42 Å². The van der Waals surface area contributed by atoms with Gasteiger partial charge in [-0.05, 0) is 25.7 Å². The fourth-order valence-corrected chi connectivity index (χ4v) is 1.40. The molecular formula is C11H22N6O. The topological polar surface area (TPSA) is 98.0 Å². The molecular weight excluding hydrogens is 232 g/mol. The highest BCUT2D eigenvalue weighted by Gasteiger charge is 2.05. The van der Waals surface area contributed by atoms with Gasteiger partial charge in [0, 0.05) is 6.54 Å². The lowest BCUT2D eigenvalue weighted by molar-refractivity contribution is 0.312. The molecule has 0 unspecified atom stereocenters. The van der Waals surface area contributed by atoms with Gasteiger partial charge in [0.15, 0.2) is 0 Å². The van der Waals surface area contributed by atoms with Crippen LogP contribution in [0.4, 0.5) is 11.9 Å². The number of hydrogen-bond acceptors (Lipinski definition) is 7. The third-order valence-electron chi connectivity index (χ3n) is 2.26. The van der Waals surface area contributed by atoms with Crippen molar-refractivity contribution in [3.8, 4) is 6.01 Å². The second-order valence-electron chi connectivity index (χ2n) is 4.31. The van der Waals surface area contributed by atoms with E-state index in [4.69, 9.17) is 10.6 Å². The van der Waals surface area contributed by atoms with Crippen LogP contribution in [-0.2, 0) is 0 Å². The van der Waals surface area contributed by atoms with E-state index in [-0.39, 0.29) is 6.01 Å². The summed E-state index contributed by atoms with van der Waals surface area (Å²) in [7, 11) is 0. The monoisotopic (exact) mass is 254 g/mol. The maximum atomic E-state index is 5.29. The van der Waals surface area contributed by atoms with Crippen LogP contribution in [0.1, 0.15) is 33.6 Å². The first kappa shape index (κ1) is 14.4. The molecule has 0 aromatic carbocycles. The van der Waals surface area contributed by atoms with Crippen molar-refractivity contribution in [2.75, 3.05) is 23.9 Å². The Labute approximate surface area is 108 Å². The van der Waals surface area contributed by atoms with Crippen LogP contribution in [0.15, 0.2) is 0 Å². The summed E-state index contributed by atoms with van der Waals surface area (Å²) < 4.78 is 5.24. The SMILES string of the molecule is CCOc1nc(NN)nc(NCCCC(C)C)n1. The summed E-state index contributed by atoms with van der Waals surface area (Å²) in [6.45, 7) is 7.59. The molecule has 0 fully saturated rings. The van der Waals surface area contributed by atoms with Crippen LogP contribution in [0.3, 0.4) is 0 Å². The van der Waals surface area contributed by atoms with E-state index in [1.807, 2.05) is 6.92 Å². The number of ether oxygens (including phenoxy) is 1. The highest BCUT2D eigenvalue weighted by Crippen LogP contribution is 2.11. The quantitative estimate of drug-likeness (QED) is 0.366. The Bertz CT molecular complexity index is 357. The van der Waals surface area contributed by atoms with Crippen molar-refractivity contribution in [1.82, 2.24) is 15.0 Å². The van der Waals surface area contributed by atoms with Gasteiger partial charge in [0.1, 0.15) is 0 Å². The number of nitrogen functional groups attached to an aromatic ring is 1. The van der Waals surface area contributed by atoms with Gasteiger partial charge in [-0.1, -0.05) is 13.8 Å². The van der Waals surface area contributed by atoms with E-state index in [0.717, 1.165) is 13.0 Å². The summed E-state index contributed by atoms with van der Waals surface area (Å²) in [4.78, 5) is 12.2. The summed E-state index contributed by atoms with van der Waals surface area (Å²) in [5.74, 6) is 6.76. The number of hydrogen-bond donors (Lipinski definition) is 3. The maximum absolute atomic E-state index is 5.29. The predicted molar refractivity (Wildman–Crippen MR) is 71.4 cm³/mol. The lowest BCUT2D eigenvalue weighted by Gasteiger charge is -2.09. The molecule has 0 amide bonds. The predicted octanol–water partition coefficient (Wildman–Crippen LogP) is 1.40. The molecule has 7 heteroatoms. The number of rotatable bonds is 8. The van der Waals surface area contributed by atoms with Crippen LogP contribution in [-0.4, -0.2) is 28.1 Å². The average Bonchev–Trinajstić information content (AvgIpc) is 2.34. The number of anilines is 2. The van der Waals surface area contributed by atoms with Crippen molar-refractivity contribution in [3.05, 3.63) is 0 Å². The highest BCUT2D eigenvalue weighted by atomic mass is 16.5. The Balaban J connectivity index is 2.55. The Kier molecular flexibility index (Phi) is 6.13. The fraction of sp³-hybridized carbons (Fsp3) is 0.727. The molecule has 7 nitrogen and oxygen atoms in total. The van der Waals surface area contributed by atoms with Crippen LogP contribution in [0, 0.1) is 5.92 Å². The molecule has 0 aliphatic carbocycles. The van der Waals surface area contributed by atoms with Gasteiger partial charge in [-0.15, -0.1) is 0 Å². The lowest BCUT2D eigenvalue weighted by Crippen LogP contribution is -2.15. The second-order valence-corrected chi connectivity index (χ2v) is 4.31. The van der Waals surface area contributed by atoms with Crippen molar-refractivity contribution < 1.29 is 4.74 Å². The minimum Gasteiger partial charge on any atom is -0.464 e. The molecule has 1 aromatic rings. The number of nitrogens with one attached hydrogen (secondary N) is 2. The van der Waals surface area contributed by atoms with Gasteiger partial charge in [0.2, 0.25) is 11.9 Å². The summed E-state index contributed by atoms with van der Waals surface area (Å²) in [5, 5.41) is 3.14. The Morgan fingerprint density at radius 2 is 1.94 bits per heavy atom. The minimum absolute atomic E-state index is 0.270. The number of hydrazine groups is 1. The summed E-state index contributed by atoms with van der Waals surface area (Å²) in [6, 6.07) is 0.270. The summed E-state index contributed by atoms with van der Waals surface area (Å²) in [6.07, 6.45) is 2.23. The van der Waals surface area contributed by atoms with Gasteiger partial charge >= 0.3 is 6.01 Å². The largest absolute Gasteiger partial charge is 0.464 e. The van der Waals surface area contributed by atoms with Gasteiger partial charge in [-0.2, -0.15) is 15.0 Å². The smallest absolute Gasteiger partial charge is 0.323 e. The number of nitrogens with zero attached hydrogens (tertiary/aromatic N) is 3. The van der Waals surface area contributed by atoms with Gasteiger partial charge in [0.05, 0.1) is 6.61 Å². The third-order valence-corrected chi connectivity index (χ3v) is 2.26. The fourth-order valence-electron chi connectivity index (χ4n) is 1.40. The molecule has 0 spiro atoms. The van der Waals surface area contributed by atoms with Crippen LogP contribution >= 0.6 is 0 Å². The Hall–Kier alpha value is -1.63. The first-order valence-electron chi connectivity index (χ1n) is 6.25. The van der Waals surface area contributed by atoms with Crippen LogP contribution in [0.2, 0.25) is 0 Å². The van der Waals surface area contributed by atoms with Crippen molar-refractivity contribution >= 4 is 11.9 Å². The first-order valence-corrected chi connectivity index (χ1v) is 6.25. The van der Waals surface area contributed by atoms with Crippen molar-refractivity contribution in [3.63, 3.8) is 0 Å². The summed E-state index contributed by atoms with van der Waals surface area (Å²) >= 11 is 0. The Morgan fingerprint density at radius 3 is 2.56 bits per heavy atom. The van der Waals surface area contributed by atoms with Gasteiger partial charge in [-0.3, -0.25) is 5.43 Å². The molecule has 102 valence electrons. The first-order chi connectivity index (χ1) is 8.65. The van der Waals surface area contributed by atoms with E-state index < -0.39 is 0 Å². The van der Waals surface area contributed by atoms with E-state index in [1.54, 1.807) is 0 Å². The molecule has 4 N–H and O–H groups in total. The molecule has 0 bridgehead atoms. The lowest BCUT2D eigenvalue weighted by atomic mass is 10.1. The second kappa shape index (κ2) is 7.65. The molecule has 0 aliphatic rings. The van der Waals surface area contributed by atoms with Gasteiger partial charge in [0.25, 0.3) is 0 Å². The molecule has 0 saturated heterocycles. The molecule has 1 aromatic heterocycles. The van der Waals surface area contributed by atoms with Crippen LogP contribution in [0.25, 0.3) is 0 Å². The van der Waals surface area contributed by atoms with E-state index >= 15 is 0 Å². The molecule has 0 radical (unpaired) electrons. The van der Waals surface area contributed by atoms with Crippen LogP contribution < -0.4 is 21.3 Å². The highest BCUT2D eigenvalue weighted by molar-refractivity contribution is 5.34. The van der Waals surface area contributed by atoms with Gasteiger partial charge < -0.3 is 10.1 Å². The molecule has 1 rings (SSSR count). The molecule has 0 aliphatic heterocycles. The zero-order chi connectivity index (χ0) is 13.4. The Morgan fingerprint density at radius 1 is 1.22 bits per heavy atom. The molecule has 0 saturated carbocycles. The van der Waals surface area contributed by atoms with Crippen molar-refractivity contribution in [2.45, 2.75) is 33.6 Å². The van der Waals surface area contributed by atoms with Crippen molar-refractivity contribution in [1.29, 1.82) is 0 Å². The average molecular weight is 254 g/mol. The minimum atomic E-state index is 0.270. The molecule has 1 heterocycles. The van der Waals surface area contributed by atoms with E-state index in [2.05, 4.69) is 39.5 Å². The van der Waals surface area contributed by atoms with Crippen molar-refractivity contribution in [2.24, 2.45) is 11.8 Å². The summed E-state index contributed by atoms with van der Waals surface area (Å²) in [5.41, 5.74) is 2.39. The molecule has 0 atom stereocenters. The third kappa shape index (κ3) is 5.13. The molecule has 18 heavy (non-hydrogen) atoms. The normalized spacial score (nSPS) is 10.5. The zero-order valence-electron chi connectivity index (χ0n) is 11.2. The van der Waals surface area contributed by atoms with Crippen LogP contribution in [0.5, 0.6) is 6.01 Å². The van der Waals surface area contributed by atoms with Gasteiger partial charge in [-0.25, -0.2) is 5.84 Å². The maximum Gasteiger partial charge on any atom is 0.323 e. The number of nitrogens with two attached hydrogens (primary N) is 1. The standard InChI is InChI=1S/C11H22N6O/c1-4-18-11-15-9(14-10(16-11)17-12)13-7-5-6-8(2)3/h8H,4-7,12H2,1-3H3,(H2,13,14,15,16,17). The van der Waals surface area contributed by atoms with E-state index in [0.29, 0.717) is 24.4 Å². The zero-order valence-corrected chi connectivity index (χ0v) is 11.2.